The van der Waals surface area contributed by atoms with E-state index in [9.17, 15) is 0 Å². The second-order valence-electron chi connectivity index (χ2n) is 14.6. The molecule has 0 radical (unpaired) electrons. The Kier molecular flexibility index (Phi) is 4.09. The molecule has 4 fully saturated rings. The fourth-order valence-corrected chi connectivity index (χ4v) is 10.6. The molecule has 29 heavy (non-hydrogen) atoms. The maximum atomic E-state index is 2.79. The van der Waals surface area contributed by atoms with Gasteiger partial charge in [0.1, 0.15) is 0 Å². The Labute approximate surface area is 181 Å². The predicted octanol–water partition coefficient (Wildman–Crippen LogP) is 8.81. The SMILES string of the molecule is CC1=CCC2C1(C)CCC1C2(C)CCC2(C)C3CC(C)(C)CCC3(C)CCC12C. The Balaban J connectivity index is 1.55. The van der Waals surface area contributed by atoms with E-state index in [0.29, 0.717) is 32.5 Å². The first-order valence-corrected chi connectivity index (χ1v) is 13.0. The molecule has 0 saturated heterocycles. The van der Waals surface area contributed by atoms with Crippen LogP contribution in [0.5, 0.6) is 0 Å². The zero-order valence-electron chi connectivity index (χ0n) is 20.9. The van der Waals surface area contributed by atoms with Gasteiger partial charge in [-0.25, -0.2) is 0 Å². The minimum absolute atomic E-state index is 0.491. The normalized spacial score (nSPS) is 58.5. The largest absolute Gasteiger partial charge is 0.0847 e. The first-order chi connectivity index (χ1) is 13.3. The zero-order valence-corrected chi connectivity index (χ0v) is 20.9. The van der Waals surface area contributed by atoms with Gasteiger partial charge in [-0.05, 0) is 121 Å². The molecule has 0 heteroatoms. The van der Waals surface area contributed by atoms with Crippen molar-refractivity contribution in [1.29, 1.82) is 0 Å². The van der Waals surface area contributed by atoms with Crippen molar-refractivity contribution in [2.75, 3.05) is 0 Å². The van der Waals surface area contributed by atoms with Crippen molar-refractivity contribution in [1.82, 2.24) is 0 Å². The second-order valence-corrected chi connectivity index (χ2v) is 14.6. The summed E-state index contributed by atoms with van der Waals surface area (Å²) in [6, 6.07) is 0. The van der Waals surface area contributed by atoms with Crippen LogP contribution in [0.3, 0.4) is 0 Å². The van der Waals surface area contributed by atoms with Gasteiger partial charge in [-0.2, -0.15) is 0 Å². The highest BCUT2D eigenvalue weighted by Crippen LogP contribution is 2.78. The van der Waals surface area contributed by atoms with Crippen LogP contribution in [-0.4, -0.2) is 0 Å². The number of allylic oxidation sites excluding steroid dienone is 2. The summed E-state index contributed by atoms with van der Waals surface area (Å²) in [7, 11) is 0. The van der Waals surface area contributed by atoms with E-state index in [1.807, 2.05) is 0 Å². The summed E-state index contributed by atoms with van der Waals surface area (Å²) in [4.78, 5) is 0. The van der Waals surface area contributed by atoms with E-state index in [4.69, 9.17) is 0 Å². The smallest absolute Gasteiger partial charge is 0.00826 e. The average molecular weight is 397 g/mol. The molecule has 5 rings (SSSR count). The van der Waals surface area contributed by atoms with Crippen LogP contribution in [0.2, 0.25) is 0 Å². The monoisotopic (exact) mass is 396 g/mol. The van der Waals surface area contributed by atoms with Gasteiger partial charge in [0.2, 0.25) is 0 Å². The number of fused-ring (bicyclic) bond motifs is 7. The third kappa shape index (κ3) is 2.39. The second kappa shape index (κ2) is 5.75. The lowest BCUT2D eigenvalue weighted by atomic mass is 9.31. The summed E-state index contributed by atoms with van der Waals surface area (Å²) in [6.07, 6.45) is 17.2. The van der Waals surface area contributed by atoms with E-state index in [2.05, 4.69) is 61.5 Å². The van der Waals surface area contributed by atoms with Gasteiger partial charge < -0.3 is 0 Å². The number of hydrogen-bond donors (Lipinski definition) is 0. The van der Waals surface area contributed by atoms with Gasteiger partial charge in [-0.15, -0.1) is 0 Å². The van der Waals surface area contributed by atoms with Crippen LogP contribution in [0, 0.1) is 50.2 Å². The van der Waals surface area contributed by atoms with Gasteiger partial charge in [0, 0.05) is 0 Å². The first-order valence-electron chi connectivity index (χ1n) is 13.0. The fraction of sp³-hybridized carbons (Fsp3) is 0.931. The van der Waals surface area contributed by atoms with Crippen molar-refractivity contribution < 1.29 is 0 Å². The maximum Gasteiger partial charge on any atom is -0.00826 e. The Bertz CT molecular complexity index is 743. The molecule has 0 spiro atoms. The summed E-state index contributed by atoms with van der Waals surface area (Å²) in [5.41, 5.74) is 4.98. The van der Waals surface area contributed by atoms with Gasteiger partial charge in [-0.1, -0.05) is 60.1 Å². The molecule has 0 nitrogen and oxygen atoms in total. The lowest BCUT2D eigenvalue weighted by Gasteiger charge is -2.74. The number of hydrogen-bond acceptors (Lipinski definition) is 0. The molecular formula is C29H48. The van der Waals surface area contributed by atoms with Crippen LogP contribution >= 0.6 is 0 Å². The molecule has 164 valence electrons. The van der Waals surface area contributed by atoms with Gasteiger partial charge >= 0.3 is 0 Å². The van der Waals surface area contributed by atoms with E-state index < -0.39 is 0 Å². The van der Waals surface area contributed by atoms with Crippen LogP contribution < -0.4 is 0 Å². The molecule has 0 bridgehead atoms. The highest BCUT2D eigenvalue weighted by molar-refractivity contribution is 5.27. The molecule has 4 saturated carbocycles. The van der Waals surface area contributed by atoms with Crippen molar-refractivity contribution in [3.8, 4) is 0 Å². The molecule has 8 unspecified atom stereocenters. The molecule has 5 aliphatic rings. The van der Waals surface area contributed by atoms with E-state index in [1.54, 1.807) is 5.57 Å². The molecule has 0 amide bonds. The molecular weight excluding hydrogens is 348 g/mol. The van der Waals surface area contributed by atoms with Crippen molar-refractivity contribution in [2.24, 2.45) is 50.2 Å². The fourth-order valence-electron chi connectivity index (χ4n) is 10.6. The predicted molar refractivity (Wildman–Crippen MR) is 125 cm³/mol. The molecule has 0 aromatic rings. The van der Waals surface area contributed by atoms with Crippen LogP contribution in [0.4, 0.5) is 0 Å². The number of rotatable bonds is 0. The third-order valence-electron chi connectivity index (χ3n) is 13.1. The molecule has 0 heterocycles. The summed E-state index contributed by atoms with van der Waals surface area (Å²) < 4.78 is 0. The van der Waals surface area contributed by atoms with Crippen molar-refractivity contribution >= 4 is 0 Å². The van der Waals surface area contributed by atoms with E-state index >= 15 is 0 Å². The minimum Gasteiger partial charge on any atom is -0.0847 e. The van der Waals surface area contributed by atoms with Crippen LogP contribution in [0.15, 0.2) is 11.6 Å². The molecule has 0 aromatic carbocycles. The molecule has 5 aliphatic carbocycles. The standard InChI is InChI=1S/C29H48/c1-20-9-10-21-26(20,5)12-11-22-27(21,6)16-18-29(8)23-19-24(2,3)13-14-25(23,4)15-17-28(22,29)7/h9,21-23H,10-19H2,1-8H3. The Hall–Kier alpha value is -0.260. The Morgan fingerprint density at radius 1 is 0.690 bits per heavy atom. The topological polar surface area (TPSA) is 0 Å². The van der Waals surface area contributed by atoms with Crippen molar-refractivity contribution in [3.63, 3.8) is 0 Å². The Morgan fingerprint density at radius 2 is 1.31 bits per heavy atom. The first kappa shape index (κ1) is 20.6. The summed E-state index contributed by atoms with van der Waals surface area (Å²) in [5, 5.41) is 0. The van der Waals surface area contributed by atoms with Crippen LogP contribution in [0.1, 0.15) is 120 Å². The highest BCUT2D eigenvalue weighted by Gasteiger charge is 2.70. The Morgan fingerprint density at radius 3 is 2.03 bits per heavy atom. The highest BCUT2D eigenvalue weighted by atomic mass is 14.7. The summed E-state index contributed by atoms with van der Waals surface area (Å²) >= 11 is 0. The molecule has 0 aromatic heterocycles. The lowest BCUT2D eigenvalue weighted by molar-refractivity contribution is -0.245. The third-order valence-corrected chi connectivity index (χ3v) is 13.1. The quantitative estimate of drug-likeness (QED) is 0.359. The molecule has 0 N–H and O–H groups in total. The minimum atomic E-state index is 0.491. The van der Waals surface area contributed by atoms with Crippen molar-refractivity contribution in [2.45, 2.75) is 120 Å². The van der Waals surface area contributed by atoms with Gasteiger partial charge in [0.25, 0.3) is 0 Å². The molecule has 0 aliphatic heterocycles. The molecule has 8 atom stereocenters. The van der Waals surface area contributed by atoms with Gasteiger partial charge in [0.05, 0.1) is 0 Å². The average Bonchev–Trinajstić information content (AvgIpc) is 2.95. The maximum absolute atomic E-state index is 2.79. The van der Waals surface area contributed by atoms with E-state index in [0.717, 1.165) is 17.8 Å². The van der Waals surface area contributed by atoms with E-state index in [-0.39, 0.29) is 0 Å². The van der Waals surface area contributed by atoms with Crippen LogP contribution in [0.25, 0.3) is 0 Å². The lowest BCUT2D eigenvalue weighted by Crippen LogP contribution is -2.66. The summed E-state index contributed by atoms with van der Waals surface area (Å²) in [5.74, 6) is 2.76. The van der Waals surface area contributed by atoms with E-state index in [1.165, 1.54) is 64.2 Å². The van der Waals surface area contributed by atoms with Crippen LogP contribution in [-0.2, 0) is 0 Å². The van der Waals surface area contributed by atoms with Gasteiger partial charge in [0.15, 0.2) is 0 Å². The summed E-state index contributed by atoms with van der Waals surface area (Å²) in [6.45, 7) is 21.2. The van der Waals surface area contributed by atoms with Crippen molar-refractivity contribution in [3.05, 3.63) is 11.6 Å². The zero-order chi connectivity index (χ0) is 21.1. The van der Waals surface area contributed by atoms with Gasteiger partial charge in [-0.3, -0.25) is 0 Å².